The number of hydrogen-bond donors (Lipinski definition) is 4. The van der Waals surface area contributed by atoms with Gasteiger partial charge in [-0.1, -0.05) is 0 Å². The molecule has 0 aliphatic carbocycles. The maximum Gasteiger partial charge on any atom is 0.332 e. The van der Waals surface area contributed by atoms with Crippen LogP contribution in [-0.4, -0.2) is 32.9 Å². The summed E-state index contributed by atoms with van der Waals surface area (Å²) in [6.07, 6.45) is 1.37. The summed E-state index contributed by atoms with van der Waals surface area (Å²) in [5.41, 5.74) is 14.6. The lowest BCUT2D eigenvalue weighted by molar-refractivity contribution is 0.249. The van der Waals surface area contributed by atoms with Crippen LogP contribution in [0.4, 0.5) is 9.59 Å². The Morgan fingerprint density at radius 2 is 2.12 bits per heavy atom. The summed E-state index contributed by atoms with van der Waals surface area (Å²) < 4.78 is 0. The third-order valence-corrected chi connectivity index (χ3v) is 1.42. The van der Waals surface area contributed by atoms with Gasteiger partial charge in [0.2, 0.25) is 0 Å². The highest BCUT2D eigenvalue weighted by Gasteiger charge is 2.05. The maximum absolute atomic E-state index is 10.5. The number of hydrogen-bond acceptors (Lipinski definition) is 5. The Balaban J connectivity index is 2.73. The van der Waals surface area contributed by atoms with Crippen LogP contribution in [0.1, 0.15) is 12.6 Å². The van der Waals surface area contributed by atoms with Gasteiger partial charge in [0.15, 0.2) is 0 Å². The first-order valence-electron chi connectivity index (χ1n) is 4.08. The van der Waals surface area contributed by atoms with E-state index in [1.165, 1.54) is 6.20 Å². The number of amides is 4. The van der Waals surface area contributed by atoms with Crippen molar-refractivity contribution in [2.24, 2.45) is 16.6 Å². The van der Waals surface area contributed by atoms with Gasteiger partial charge in [-0.25, -0.2) is 20.4 Å². The van der Waals surface area contributed by atoms with Gasteiger partial charge in [0.05, 0.1) is 11.9 Å². The van der Waals surface area contributed by atoms with Crippen molar-refractivity contribution in [3.63, 3.8) is 0 Å². The molecule has 1 aromatic rings. The van der Waals surface area contributed by atoms with Gasteiger partial charge in [0.25, 0.3) is 0 Å². The summed E-state index contributed by atoms with van der Waals surface area (Å²) >= 11 is 0. The normalized spacial score (nSPS) is 10.9. The summed E-state index contributed by atoms with van der Waals surface area (Å²) in [5.74, 6) is 0. The largest absolute Gasteiger partial charge is 0.350 e. The van der Waals surface area contributed by atoms with E-state index >= 15 is 0 Å². The Hall–Kier alpha value is -2.65. The number of urea groups is 2. The predicted octanol–water partition coefficient (Wildman–Crippen LogP) is -1.71. The number of aromatic nitrogens is 3. The molecule has 4 amide bonds. The van der Waals surface area contributed by atoms with Gasteiger partial charge in [-0.15, -0.1) is 5.10 Å². The molecule has 0 aliphatic heterocycles. The molecule has 0 bridgehead atoms. The summed E-state index contributed by atoms with van der Waals surface area (Å²) in [6, 6.07) is -1.57. The molecule has 6 N–H and O–H groups in total. The molecular weight excluding hydrogens is 216 g/mol. The van der Waals surface area contributed by atoms with Crippen LogP contribution < -0.4 is 22.3 Å². The van der Waals surface area contributed by atoms with Crippen LogP contribution in [-0.2, 0) is 0 Å². The number of nitrogens with zero attached hydrogens (tertiary/aromatic N) is 4. The van der Waals surface area contributed by atoms with Crippen molar-refractivity contribution >= 4 is 17.8 Å². The van der Waals surface area contributed by atoms with E-state index in [1.807, 2.05) is 5.43 Å². The summed E-state index contributed by atoms with van der Waals surface area (Å²) in [7, 11) is 0. The molecule has 0 unspecified atom stereocenters. The lowest BCUT2D eigenvalue weighted by Gasteiger charge is -1.97. The molecule has 1 rings (SSSR count). The number of nitrogens with two attached hydrogens (primary N) is 2. The van der Waals surface area contributed by atoms with Crippen molar-refractivity contribution in [2.45, 2.75) is 6.92 Å². The van der Waals surface area contributed by atoms with E-state index in [9.17, 15) is 9.59 Å². The molecule has 0 aromatic carbocycles. The highest BCUT2D eigenvalue weighted by molar-refractivity contribution is 5.97. The lowest BCUT2D eigenvalue weighted by Crippen LogP contribution is -2.28. The third-order valence-electron chi connectivity index (χ3n) is 1.42. The average Bonchev–Trinajstić information content (AvgIpc) is 2.61. The minimum Gasteiger partial charge on any atom is -0.350 e. The Labute approximate surface area is 89.6 Å². The van der Waals surface area contributed by atoms with Gasteiger partial charge >= 0.3 is 12.1 Å². The zero-order valence-corrected chi connectivity index (χ0v) is 8.34. The average molecular weight is 226 g/mol. The predicted molar refractivity (Wildman–Crippen MR) is 53.9 cm³/mol. The van der Waals surface area contributed by atoms with Crippen molar-refractivity contribution < 1.29 is 9.59 Å². The SMILES string of the molecule is CC(=NNC(N)=O)c1cn(NC(N)=O)nn1. The Morgan fingerprint density at radius 1 is 1.44 bits per heavy atom. The molecule has 0 aliphatic rings. The number of hydrazone groups is 1. The van der Waals surface area contributed by atoms with Gasteiger partial charge < -0.3 is 11.5 Å². The Bertz CT molecular complexity index is 435. The molecular formula is C6H10N8O2. The van der Waals surface area contributed by atoms with Gasteiger partial charge in [0.1, 0.15) is 5.69 Å². The lowest BCUT2D eigenvalue weighted by atomic mass is 10.3. The molecule has 86 valence electrons. The van der Waals surface area contributed by atoms with Crippen LogP contribution in [0.25, 0.3) is 0 Å². The molecule has 10 nitrogen and oxygen atoms in total. The fourth-order valence-corrected chi connectivity index (χ4v) is 0.793. The van der Waals surface area contributed by atoms with E-state index < -0.39 is 12.1 Å². The van der Waals surface area contributed by atoms with Gasteiger partial charge in [-0.2, -0.15) is 9.89 Å². The topological polar surface area (TPSA) is 153 Å². The quantitative estimate of drug-likeness (QED) is 0.358. The summed E-state index contributed by atoms with van der Waals surface area (Å²) in [5, 5.41) is 10.8. The molecule has 0 saturated heterocycles. The van der Waals surface area contributed by atoms with Crippen molar-refractivity contribution in [3.8, 4) is 0 Å². The molecule has 0 saturated carbocycles. The molecule has 0 atom stereocenters. The summed E-state index contributed by atoms with van der Waals surface area (Å²) in [6.45, 7) is 1.58. The van der Waals surface area contributed by atoms with E-state index in [-0.39, 0.29) is 0 Å². The minimum absolute atomic E-state index is 0.350. The first-order chi connectivity index (χ1) is 7.49. The van der Waals surface area contributed by atoms with Crippen molar-refractivity contribution in [3.05, 3.63) is 11.9 Å². The molecule has 1 aromatic heterocycles. The van der Waals surface area contributed by atoms with E-state index in [2.05, 4.69) is 20.8 Å². The van der Waals surface area contributed by atoms with Gasteiger partial charge in [-0.05, 0) is 12.1 Å². The second-order valence-corrected chi connectivity index (χ2v) is 2.70. The highest BCUT2D eigenvalue weighted by atomic mass is 16.2. The third kappa shape index (κ3) is 3.25. The van der Waals surface area contributed by atoms with E-state index in [4.69, 9.17) is 11.5 Å². The van der Waals surface area contributed by atoms with Crippen LogP contribution in [0, 0.1) is 0 Å². The first-order valence-corrected chi connectivity index (χ1v) is 4.08. The van der Waals surface area contributed by atoms with E-state index in [0.29, 0.717) is 11.4 Å². The van der Waals surface area contributed by atoms with Crippen molar-refractivity contribution in [1.82, 2.24) is 20.5 Å². The van der Waals surface area contributed by atoms with Crippen LogP contribution >= 0.6 is 0 Å². The smallest absolute Gasteiger partial charge is 0.332 e. The van der Waals surface area contributed by atoms with Crippen LogP contribution in [0.2, 0.25) is 0 Å². The van der Waals surface area contributed by atoms with Crippen LogP contribution in [0.3, 0.4) is 0 Å². The van der Waals surface area contributed by atoms with E-state index in [1.54, 1.807) is 6.92 Å². The van der Waals surface area contributed by atoms with Crippen LogP contribution in [0.5, 0.6) is 0 Å². The van der Waals surface area contributed by atoms with Gasteiger partial charge in [0, 0.05) is 0 Å². The van der Waals surface area contributed by atoms with Crippen molar-refractivity contribution in [1.29, 1.82) is 0 Å². The zero-order valence-electron chi connectivity index (χ0n) is 8.34. The molecule has 0 fully saturated rings. The second-order valence-electron chi connectivity index (χ2n) is 2.70. The number of nitrogens with one attached hydrogen (secondary N) is 2. The Morgan fingerprint density at radius 3 is 2.69 bits per heavy atom. The Kier molecular flexibility index (Phi) is 3.37. The molecule has 0 radical (unpaired) electrons. The number of carbonyl (C=O) groups excluding carboxylic acids is 2. The molecule has 0 spiro atoms. The first kappa shape index (κ1) is 11.4. The second kappa shape index (κ2) is 4.72. The zero-order chi connectivity index (χ0) is 12.1. The minimum atomic E-state index is -0.790. The number of carbonyl (C=O) groups is 2. The maximum atomic E-state index is 10.5. The van der Waals surface area contributed by atoms with Crippen LogP contribution in [0.15, 0.2) is 11.3 Å². The molecule has 1 heterocycles. The molecule has 10 heteroatoms. The fourth-order valence-electron chi connectivity index (χ4n) is 0.793. The van der Waals surface area contributed by atoms with Crippen molar-refractivity contribution in [2.75, 3.05) is 5.43 Å². The molecule has 16 heavy (non-hydrogen) atoms. The number of rotatable bonds is 3. The van der Waals surface area contributed by atoms with E-state index in [0.717, 1.165) is 4.79 Å². The highest BCUT2D eigenvalue weighted by Crippen LogP contribution is 1.93. The monoisotopic (exact) mass is 226 g/mol. The summed E-state index contributed by atoms with van der Waals surface area (Å²) in [4.78, 5) is 21.9. The fraction of sp³-hybridized carbons (Fsp3) is 0.167. The van der Waals surface area contributed by atoms with Gasteiger partial charge in [-0.3, -0.25) is 0 Å². The number of primary amides is 2. The standard InChI is InChI=1S/C6H10N8O2/c1-3(9-11-5(7)15)4-2-14(13-10-4)12-6(8)16/h2H,1H3,(H3,7,11,15)(H3,8,12,16).